The fraction of sp³-hybridized carbons (Fsp3) is 0.350. The first-order chi connectivity index (χ1) is 12.1. The van der Waals surface area contributed by atoms with Crippen LogP contribution in [0.25, 0.3) is 0 Å². The van der Waals surface area contributed by atoms with E-state index in [1.165, 1.54) is 0 Å². The number of ether oxygens (including phenoxy) is 2. The Morgan fingerprint density at radius 1 is 1.16 bits per heavy atom. The summed E-state index contributed by atoms with van der Waals surface area (Å²) in [7, 11) is 1.59. The summed E-state index contributed by atoms with van der Waals surface area (Å²) in [6.07, 6.45) is -0.728. The number of nitrogens with zero attached hydrogens (tertiary/aromatic N) is 1. The summed E-state index contributed by atoms with van der Waals surface area (Å²) >= 11 is 0. The molecule has 0 amide bonds. The van der Waals surface area contributed by atoms with Gasteiger partial charge in [0, 0.05) is 13.1 Å². The van der Waals surface area contributed by atoms with E-state index in [0.29, 0.717) is 25.4 Å². The Balaban J connectivity index is 2.09. The van der Waals surface area contributed by atoms with E-state index < -0.39 is 6.10 Å². The third-order valence-electron chi connectivity index (χ3n) is 3.82. The fourth-order valence-electron chi connectivity index (χ4n) is 2.61. The normalized spacial score (nSPS) is 12.0. The first kappa shape index (κ1) is 19.0. The van der Waals surface area contributed by atoms with Crippen molar-refractivity contribution in [2.75, 3.05) is 26.8 Å². The highest BCUT2D eigenvalue weighted by Gasteiger charge is 2.18. The van der Waals surface area contributed by atoms with Gasteiger partial charge in [-0.3, -0.25) is 9.69 Å². The summed E-state index contributed by atoms with van der Waals surface area (Å²) in [5.41, 5.74) is 1.82. The zero-order valence-electron chi connectivity index (χ0n) is 14.7. The molecule has 25 heavy (non-hydrogen) atoms. The molecule has 2 aromatic carbocycles. The van der Waals surface area contributed by atoms with Crippen molar-refractivity contribution in [1.82, 2.24) is 4.90 Å². The lowest BCUT2D eigenvalue weighted by Gasteiger charge is -2.24. The van der Waals surface area contributed by atoms with Gasteiger partial charge in [-0.25, -0.2) is 0 Å². The fourth-order valence-corrected chi connectivity index (χ4v) is 2.61. The average molecular weight is 343 g/mol. The van der Waals surface area contributed by atoms with E-state index in [9.17, 15) is 9.90 Å². The predicted octanol–water partition coefficient (Wildman–Crippen LogP) is 2.79. The van der Waals surface area contributed by atoms with Crippen LogP contribution in [0.4, 0.5) is 0 Å². The van der Waals surface area contributed by atoms with E-state index in [4.69, 9.17) is 9.47 Å². The molecule has 0 saturated heterocycles. The molecule has 1 N–H and O–H groups in total. The van der Waals surface area contributed by atoms with Crippen molar-refractivity contribution in [2.24, 2.45) is 0 Å². The Labute approximate surface area is 148 Å². The number of carbonyl (C=O) groups excluding carboxylic acids is 1. The highest BCUT2D eigenvalue weighted by molar-refractivity contribution is 5.71. The first-order valence-electron chi connectivity index (χ1n) is 8.36. The van der Waals surface area contributed by atoms with Crippen LogP contribution in [0.15, 0.2) is 54.6 Å². The highest BCUT2D eigenvalue weighted by atomic mass is 16.5. The van der Waals surface area contributed by atoms with Crippen molar-refractivity contribution < 1.29 is 19.4 Å². The van der Waals surface area contributed by atoms with Crippen LogP contribution < -0.4 is 4.74 Å². The Morgan fingerprint density at radius 3 is 2.60 bits per heavy atom. The molecule has 0 saturated carbocycles. The summed E-state index contributed by atoms with van der Waals surface area (Å²) in [6, 6.07) is 17.2. The quantitative estimate of drug-likeness (QED) is 0.710. The number of esters is 1. The van der Waals surface area contributed by atoms with Crippen molar-refractivity contribution in [3.05, 3.63) is 65.7 Å². The van der Waals surface area contributed by atoms with Crippen molar-refractivity contribution in [1.29, 1.82) is 0 Å². The monoisotopic (exact) mass is 343 g/mol. The van der Waals surface area contributed by atoms with Gasteiger partial charge in [0.2, 0.25) is 0 Å². The summed E-state index contributed by atoms with van der Waals surface area (Å²) in [5, 5.41) is 10.6. The van der Waals surface area contributed by atoms with Crippen molar-refractivity contribution >= 4 is 5.97 Å². The minimum Gasteiger partial charge on any atom is -0.497 e. The van der Waals surface area contributed by atoms with Crippen LogP contribution in [-0.4, -0.2) is 42.8 Å². The largest absolute Gasteiger partial charge is 0.497 e. The molecule has 0 aromatic heterocycles. The number of benzene rings is 2. The molecule has 0 heterocycles. The zero-order chi connectivity index (χ0) is 18.1. The lowest BCUT2D eigenvalue weighted by molar-refractivity contribution is -0.144. The van der Waals surface area contributed by atoms with Gasteiger partial charge in [-0.15, -0.1) is 0 Å². The maximum absolute atomic E-state index is 11.9. The lowest BCUT2D eigenvalue weighted by Crippen LogP contribution is -2.34. The van der Waals surface area contributed by atoms with Gasteiger partial charge >= 0.3 is 5.97 Å². The van der Waals surface area contributed by atoms with Crippen LogP contribution in [-0.2, 0) is 16.1 Å². The van der Waals surface area contributed by atoms with Crippen LogP contribution >= 0.6 is 0 Å². The molecule has 5 nitrogen and oxygen atoms in total. The Bertz CT molecular complexity index is 660. The molecule has 1 unspecified atom stereocenters. The molecule has 134 valence electrons. The molecule has 0 radical (unpaired) electrons. The maximum Gasteiger partial charge on any atom is 0.320 e. The van der Waals surface area contributed by atoms with E-state index in [1.54, 1.807) is 20.1 Å². The van der Waals surface area contributed by atoms with E-state index in [2.05, 4.69) is 0 Å². The van der Waals surface area contributed by atoms with Gasteiger partial charge in [0.25, 0.3) is 0 Å². The molecule has 1 atom stereocenters. The smallest absolute Gasteiger partial charge is 0.320 e. The van der Waals surface area contributed by atoms with Gasteiger partial charge in [-0.1, -0.05) is 42.5 Å². The van der Waals surface area contributed by atoms with Crippen molar-refractivity contribution in [3.63, 3.8) is 0 Å². The zero-order valence-corrected chi connectivity index (χ0v) is 14.7. The van der Waals surface area contributed by atoms with Crippen LogP contribution in [0.1, 0.15) is 24.2 Å². The Kier molecular flexibility index (Phi) is 7.44. The van der Waals surface area contributed by atoms with E-state index in [0.717, 1.165) is 11.1 Å². The molecule has 0 aliphatic carbocycles. The van der Waals surface area contributed by atoms with E-state index >= 15 is 0 Å². The summed E-state index contributed by atoms with van der Waals surface area (Å²) in [5.74, 6) is 0.396. The number of hydrogen-bond acceptors (Lipinski definition) is 5. The predicted molar refractivity (Wildman–Crippen MR) is 96.3 cm³/mol. The van der Waals surface area contributed by atoms with E-state index in [1.807, 2.05) is 53.4 Å². The molecule has 0 fully saturated rings. The second-order valence-electron chi connectivity index (χ2n) is 5.75. The molecular formula is C20H25NO4. The molecule has 2 aromatic rings. The second kappa shape index (κ2) is 9.81. The molecule has 0 aliphatic rings. The van der Waals surface area contributed by atoms with Crippen LogP contribution in [0.2, 0.25) is 0 Å². The van der Waals surface area contributed by atoms with Gasteiger partial charge in [-0.2, -0.15) is 0 Å². The minimum atomic E-state index is -0.728. The topological polar surface area (TPSA) is 59.0 Å². The number of aliphatic hydroxyl groups excluding tert-OH is 1. The molecule has 2 rings (SSSR count). The summed E-state index contributed by atoms with van der Waals surface area (Å²) in [4.78, 5) is 13.8. The van der Waals surface area contributed by atoms with Gasteiger partial charge in [0.1, 0.15) is 5.75 Å². The minimum absolute atomic E-state index is 0.129. The summed E-state index contributed by atoms with van der Waals surface area (Å²) in [6.45, 7) is 3.13. The molecule has 0 bridgehead atoms. The summed E-state index contributed by atoms with van der Waals surface area (Å²) < 4.78 is 10.3. The second-order valence-corrected chi connectivity index (χ2v) is 5.75. The van der Waals surface area contributed by atoms with Crippen molar-refractivity contribution in [2.45, 2.75) is 19.6 Å². The van der Waals surface area contributed by atoms with E-state index in [-0.39, 0.29) is 12.5 Å². The van der Waals surface area contributed by atoms with Crippen LogP contribution in [0.5, 0.6) is 5.75 Å². The van der Waals surface area contributed by atoms with Gasteiger partial charge in [0.05, 0.1) is 26.4 Å². The number of rotatable bonds is 9. The third kappa shape index (κ3) is 6.21. The van der Waals surface area contributed by atoms with Crippen LogP contribution in [0, 0.1) is 0 Å². The third-order valence-corrected chi connectivity index (χ3v) is 3.82. The number of aliphatic hydroxyl groups is 1. The molecular weight excluding hydrogens is 318 g/mol. The van der Waals surface area contributed by atoms with Crippen LogP contribution in [0.3, 0.4) is 0 Å². The highest BCUT2D eigenvalue weighted by Crippen LogP contribution is 2.20. The number of methoxy groups -OCH3 is 1. The van der Waals surface area contributed by atoms with Crippen molar-refractivity contribution in [3.8, 4) is 5.75 Å². The van der Waals surface area contributed by atoms with Gasteiger partial charge in [-0.05, 0) is 30.2 Å². The number of carbonyl (C=O) groups is 1. The Morgan fingerprint density at radius 2 is 1.92 bits per heavy atom. The van der Waals surface area contributed by atoms with Gasteiger partial charge in [0.15, 0.2) is 0 Å². The molecule has 0 aliphatic heterocycles. The lowest BCUT2D eigenvalue weighted by atomic mass is 10.1. The molecule has 0 spiro atoms. The number of hydrogen-bond donors (Lipinski definition) is 1. The molecule has 5 heteroatoms. The maximum atomic E-state index is 11.9. The standard InChI is InChI=1S/C20H25NO4/c1-3-25-20(23)15-21(13-16-8-5-4-6-9-16)14-19(22)17-10-7-11-18(12-17)24-2/h4-12,19,22H,3,13-15H2,1-2H3. The van der Waals surface area contributed by atoms with Gasteiger partial charge < -0.3 is 14.6 Å². The SMILES string of the molecule is CCOC(=O)CN(Cc1ccccc1)CC(O)c1cccc(OC)c1. The average Bonchev–Trinajstić information content (AvgIpc) is 2.62. The Hall–Kier alpha value is -2.37. The first-order valence-corrected chi connectivity index (χ1v) is 8.36.